The van der Waals surface area contributed by atoms with Crippen LogP contribution in [0, 0.1) is 0 Å². The van der Waals surface area contributed by atoms with E-state index >= 15 is 0 Å². The monoisotopic (exact) mass is 310 g/mol. The molecule has 0 radical (unpaired) electrons. The number of carbonyl (C=O) groups is 2. The Labute approximate surface area is 129 Å². The van der Waals surface area contributed by atoms with E-state index in [1.54, 1.807) is 31.0 Å². The first-order valence-corrected chi connectivity index (χ1v) is 7.13. The molecule has 0 saturated carbocycles. The molecule has 2 unspecified atom stereocenters. The van der Waals surface area contributed by atoms with Gasteiger partial charge in [-0.05, 0) is 24.6 Å². The van der Waals surface area contributed by atoms with Gasteiger partial charge in [0.15, 0.2) is 0 Å². The molecule has 1 N–H and O–H groups in total. The molecule has 0 spiro atoms. The van der Waals surface area contributed by atoms with Crippen LogP contribution >= 0.6 is 11.6 Å². The van der Waals surface area contributed by atoms with Crippen LogP contribution < -0.4 is 0 Å². The molecule has 1 aliphatic rings. The van der Waals surface area contributed by atoms with Gasteiger partial charge in [0.05, 0.1) is 5.60 Å². The lowest BCUT2D eigenvalue weighted by Gasteiger charge is -2.25. The van der Waals surface area contributed by atoms with Crippen LogP contribution in [-0.4, -0.2) is 52.5 Å². The van der Waals surface area contributed by atoms with Gasteiger partial charge in [0.25, 0.3) is 0 Å². The van der Waals surface area contributed by atoms with Gasteiger partial charge in [-0.15, -0.1) is 0 Å². The number of β-amino-alcohol motifs (C(OH)–C–C–N with tert-alkyl or cyclic N) is 1. The van der Waals surface area contributed by atoms with Crippen molar-refractivity contribution in [2.24, 2.45) is 0 Å². The zero-order valence-corrected chi connectivity index (χ0v) is 12.9. The lowest BCUT2D eigenvalue weighted by Crippen LogP contribution is -2.43. The number of likely N-dealkylation sites (tertiary alicyclic amines) is 1. The lowest BCUT2D eigenvalue weighted by molar-refractivity contribution is -0.138. The fourth-order valence-corrected chi connectivity index (χ4v) is 2.76. The molecule has 1 aromatic rings. The summed E-state index contributed by atoms with van der Waals surface area (Å²) in [6.07, 6.45) is 0.885. The van der Waals surface area contributed by atoms with Crippen molar-refractivity contribution < 1.29 is 14.7 Å². The van der Waals surface area contributed by atoms with E-state index in [0.29, 0.717) is 18.0 Å². The molecule has 0 aliphatic carbocycles. The molecule has 2 amide bonds. The molecule has 1 fully saturated rings. The second kappa shape index (κ2) is 6.03. The molecular formula is C15H19ClN2O3. The van der Waals surface area contributed by atoms with E-state index < -0.39 is 11.6 Å². The van der Waals surface area contributed by atoms with E-state index in [2.05, 4.69) is 0 Å². The van der Waals surface area contributed by atoms with Crippen molar-refractivity contribution in [2.75, 3.05) is 13.6 Å². The molecule has 2 atom stereocenters. The minimum atomic E-state index is -1.01. The predicted octanol–water partition coefficient (Wildman–Crippen LogP) is 1.28. The molecule has 1 aliphatic heterocycles. The standard InChI is InChI=1S/C15H19ClN2O3/c1-15(21)7-13(18(9-15)10-19)14(20)17(2)8-11-3-5-12(16)6-4-11/h3-6,10,13,21H,7-9H2,1-2H3. The molecule has 1 saturated heterocycles. The second-order valence-corrected chi connectivity index (χ2v) is 6.25. The molecule has 1 heterocycles. The number of amides is 2. The predicted molar refractivity (Wildman–Crippen MR) is 79.7 cm³/mol. The Morgan fingerprint density at radius 1 is 1.52 bits per heavy atom. The first kappa shape index (κ1) is 15.8. The Hall–Kier alpha value is -1.59. The van der Waals surface area contributed by atoms with Crippen molar-refractivity contribution in [3.05, 3.63) is 34.9 Å². The highest BCUT2D eigenvalue weighted by Crippen LogP contribution is 2.26. The number of aliphatic hydroxyl groups is 1. The zero-order chi connectivity index (χ0) is 15.6. The van der Waals surface area contributed by atoms with Crippen LogP contribution in [0.1, 0.15) is 18.9 Å². The van der Waals surface area contributed by atoms with Crippen LogP contribution in [0.4, 0.5) is 0 Å². The maximum absolute atomic E-state index is 12.5. The fraction of sp³-hybridized carbons (Fsp3) is 0.467. The minimum absolute atomic E-state index is 0.171. The van der Waals surface area contributed by atoms with Gasteiger partial charge in [-0.1, -0.05) is 23.7 Å². The third-order valence-electron chi connectivity index (χ3n) is 3.69. The first-order valence-electron chi connectivity index (χ1n) is 6.75. The van der Waals surface area contributed by atoms with Crippen LogP contribution in [0.5, 0.6) is 0 Å². The van der Waals surface area contributed by atoms with Gasteiger partial charge in [-0.25, -0.2) is 0 Å². The molecule has 0 aromatic heterocycles. The third-order valence-corrected chi connectivity index (χ3v) is 3.94. The summed E-state index contributed by atoms with van der Waals surface area (Å²) in [6.45, 7) is 2.25. The van der Waals surface area contributed by atoms with Crippen LogP contribution in [0.3, 0.4) is 0 Å². The number of halogens is 1. The number of hydrogen-bond donors (Lipinski definition) is 1. The minimum Gasteiger partial charge on any atom is -0.388 e. The van der Waals surface area contributed by atoms with Crippen LogP contribution in [0.2, 0.25) is 5.02 Å². The quantitative estimate of drug-likeness (QED) is 0.852. The smallest absolute Gasteiger partial charge is 0.245 e. The molecule has 21 heavy (non-hydrogen) atoms. The molecule has 2 rings (SSSR count). The SMILES string of the molecule is CN(Cc1ccc(Cl)cc1)C(=O)C1CC(C)(O)CN1C=O. The number of nitrogens with zero attached hydrogens (tertiary/aromatic N) is 2. The summed E-state index contributed by atoms with van der Waals surface area (Å²) in [4.78, 5) is 26.4. The lowest BCUT2D eigenvalue weighted by atomic mass is 10.0. The molecule has 5 nitrogen and oxygen atoms in total. The van der Waals surface area contributed by atoms with Crippen molar-refractivity contribution in [3.63, 3.8) is 0 Å². The van der Waals surface area contributed by atoms with E-state index in [1.165, 1.54) is 4.90 Å². The van der Waals surface area contributed by atoms with E-state index in [1.807, 2.05) is 12.1 Å². The van der Waals surface area contributed by atoms with Crippen molar-refractivity contribution in [1.29, 1.82) is 0 Å². The van der Waals surface area contributed by atoms with Crippen molar-refractivity contribution >= 4 is 23.9 Å². The van der Waals surface area contributed by atoms with Crippen LogP contribution in [0.15, 0.2) is 24.3 Å². The van der Waals surface area contributed by atoms with Gasteiger partial charge in [0, 0.05) is 31.6 Å². The number of benzene rings is 1. The largest absolute Gasteiger partial charge is 0.388 e. The summed E-state index contributed by atoms with van der Waals surface area (Å²) >= 11 is 5.83. The molecule has 6 heteroatoms. The Morgan fingerprint density at radius 3 is 2.71 bits per heavy atom. The Morgan fingerprint density at radius 2 is 2.14 bits per heavy atom. The Bertz CT molecular complexity index is 530. The summed E-state index contributed by atoms with van der Waals surface area (Å²) < 4.78 is 0. The Balaban J connectivity index is 2.05. The fourth-order valence-electron chi connectivity index (χ4n) is 2.64. The molecule has 1 aromatic carbocycles. The average molecular weight is 311 g/mol. The van der Waals surface area contributed by atoms with E-state index in [4.69, 9.17) is 11.6 Å². The zero-order valence-electron chi connectivity index (χ0n) is 12.1. The number of likely N-dealkylation sites (N-methyl/N-ethyl adjacent to an activating group) is 1. The first-order chi connectivity index (χ1) is 9.82. The third kappa shape index (κ3) is 3.74. The molecular weight excluding hydrogens is 292 g/mol. The molecule has 114 valence electrons. The van der Waals surface area contributed by atoms with Gasteiger partial charge in [0.2, 0.25) is 12.3 Å². The number of carbonyl (C=O) groups excluding carboxylic acids is 2. The molecule has 0 bridgehead atoms. The maximum atomic E-state index is 12.5. The van der Waals surface area contributed by atoms with Gasteiger partial charge < -0.3 is 14.9 Å². The van der Waals surface area contributed by atoms with Gasteiger partial charge >= 0.3 is 0 Å². The number of rotatable bonds is 4. The van der Waals surface area contributed by atoms with Crippen molar-refractivity contribution in [2.45, 2.75) is 31.5 Å². The number of hydrogen-bond acceptors (Lipinski definition) is 3. The van der Waals surface area contributed by atoms with Crippen LogP contribution in [0.25, 0.3) is 0 Å². The maximum Gasteiger partial charge on any atom is 0.245 e. The van der Waals surface area contributed by atoms with Crippen LogP contribution in [-0.2, 0) is 16.1 Å². The topological polar surface area (TPSA) is 60.9 Å². The van der Waals surface area contributed by atoms with Crippen molar-refractivity contribution in [3.8, 4) is 0 Å². The summed E-state index contributed by atoms with van der Waals surface area (Å²) in [5.41, 5.74) is -0.0554. The highest BCUT2D eigenvalue weighted by Gasteiger charge is 2.43. The summed E-state index contributed by atoms with van der Waals surface area (Å²) in [6, 6.07) is 6.65. The Kier molecular flexibility index (Phi) is 4.54. The van der Waals surface area contributed by atoms with E-state index in [0.717, 1.165) is 5.56 Å². The van der Waals surface area contributed by atoms with Gasteiger partial charge in [0.1, 0.15) is 6.04 Å². The second-order valence-electron chi connectivity index (χ2n) is 5.82. The van der Waals surface area contributed by atoms with Gasteiger partial charge in [-0.3, -0.25) is 9.59 Å². The van der Waals surface area contributed by atoms with Gasteiger partial charge in [-0.2, -0.15) is 0 Å². The highest BCUT2D eigenvalue weighted by molar-refractivity contribution is 6.30. The van der Waals surface area contributed by atoms with E-state index in [-0.39, 0.29) is 18.9 Å². The summed E-state index contributed by atoms with van der Waals surface area (Å²) in [5.74, 6) is -0.171. The van der Waals surface area contributed by atoms with E-state index in [9.17, 15) is 14.7 Å². The summed E-state index contributed by atoms with van der Waals surface area (Å²) in [7, 11) is 1.69. The van der Waals surface area contributed by atoms with Crippen molar-refractivity contribution in [1.82, 2.24) is 9.80 Å². The normalized spacial score (nSPS) is 25.0. The average Bonchev–Trinajstić information content (AvgIpc) is 2.75. The highest BCUT2D eigenvalue weighted by atomic mass is 35.5. The summed E-state index contributed by atoms with van der Waals surface area (Å²) in [5, 5.41) is 10.7.